The standard InChI is InChI=1S/C11H14O2/c1-11(13,9-12)8-7-10-5-3-2-4-6-10/h2-8,12-13H,9H2,1H3. The topological polar surface area (TPSA) is 40.5 Å². The summed E-state index contributed by atoms with van der Waals surface area (Å²) in [5.74, 6) is 0. The van der Waals surface area contributed by atoms with Gasteiger partial charge in [0.15, 0.2) is 0 Å². The molecule has 1 rings (SSSR count). The highest BCUT2D eigenvalue weighted by atomic mass is 16.3. The quantitative estimate of drug-likeness (QED) is 0.735. The fourth-order valence-electron chi connectivity index (χ4n) is 0.893. The Balaban J connectivity index is 2.69. The number of hydrogen-bond donors (Lipinski definition) is 2. The molecule has 0 amide bonds. The Morgan fingerprint density at radius 1 is 1.31 bits per heavy atom. The molecular weight excluding hydrogens is 164 g/mol. The van der Waals surface area contributed by atoms with Gasteiger partial charge in [0.1, 0.15) is 5.60 Å². The minimum absolute atomic E-state index is 0.268. The van der Waals surface area contributed by atoms with Crippen molar-refractivity contribution in [3.8, 4) is 0 Å². The molecule has 0 saturated heterocycles. The van der Waals surface area contributed by atoms with Gasteiger partial charge in [-0.1, -0.05) is 42.5 Å². The second-order valence-corrected chi connectivity index (χ2v) is 3.26. The first-order valence-corrected chi connectivity index (χ1v) is 4.21. The van der Waals surface area contributed by atoms with Crippen LogP contribution in [0.25, 0.3) is 6.08 Å². The van der Waals surface area contributed by atoms with E-state index in [-0.39, 0.29) is 6.61 Å². The SMILES string of the molecule is CC(O)(C=Cc1ccccc1)CO. The van der Waals surface area contributed by atoms with E-state index < -0.39 is 5.60 Å². The molecule has 0 saturated carbocycles. The van der Waals surface area contributed by atoms with Crippen LogP contribution in [0.3, 0.4) is 0 Å². The van der Waals surface area contributed by atoms with E-state index in [0.29, 0.717) is 0 Å². The van der Waals surface area contributed by atoms with Gasteiger partial charge in [0.2, 0.25) is 0 Å². The molecule has 0 aromatic heterocycles. The van der Waals surface area contributed by atoms with Crippen molar-refractivity contribution in [3.05, 3.63) is 42.0 Å². The number of hydrogen-bond acceptors (Lipinski definition) is 2. The maximum absolute atomic E-state index is 9.45. The minimum atomic E-state index is -1.13. The van der Waals surface area contributed by atoms with Crippen molar-refractivity contribution in [2.75, 3.05) is 6.61 Å². The van der Waals surface area contributed by atoms with Crippen LogP contribution in [0.5, 0.6) is 0 Å². The molecule has 0 radical (unpaired) electrons. The molecular formula is C11H14O2. The lowest BCUT2D eigenvalue weighted by molar-refractivity contribution is 0.0442. The molecule has 0 heterocycles. The summed E-state index contributed by atoms with van der Waals surface area (Å²) in [5.41, 5.74) is -0.119. The first-order valence-electron chi connectivity index (χ1n) is 4.21. The molecule has 0 aliphatic carbocycles. The third-order valence-electron chi connectivity index (χ3n) is 1.75. The monoisotopic (exact) mass is 178 g/mol. The highest BCUT2D eigenvalue weighted by Gasteiger charge is 2.13. The Morgan fingerprint density at radius 3 is 2.46 bits per heavy atom. The Morgan fingerprint density at radius 2 is 1.92 bits per heavy atom. The molecule has 0 aliphatic rings. The molecule has 2 N–H and O–H groups in total. The van der Waals surface area contributed by atoms with Gasteiger partial charge in [-0.2, -0.15) is 0 Å². The van der Waals surface area contributed by atoms with Crippen LogP contribution in [0.1, 0.15) is 12.5 Å². The predicted molar refractivity (Wildman–Crippen MR) is 53.2 cm³/mol. The maximum atomic E-state index is 9.45. The first kappa shape index (κ1) is 9.96. The molecule has 1 unspecified atom stereocenters. The van der Waals surface area contributed by atoms with Gasteiger partial charge in [0.25, 0.3) is 0 Å². The van der Waals surface area contributed by atoms with E-state index in [9.17, 15) is 5.11 Å². The summed E-state index contributed by atoms with van der Waals surface area (Å²) in [6.45, 7) is 1.29. The Hall–Kier alpha value is -1.12. The third-order valence-corrected chi connectivity index (χ3v) is 1.75. The Bertz CT molecular complexity index is 275. The smallest absolute Gasteiger partial charge is 0.103 e. The van der Waals surface area contributed by atoms with E-state index in [2.05, 4.69) is 0 Å². The van der Waals surface area contributed by atoms with E-state index >= 15 is 0 Å². The van der Waals surface area contributed by atoms with E-state index in [1.165, 1.54) is 0 Å². The molecule has 1 aromatic rings. The van der Waals surface area contributed by atoms with Crippen LogP contribution in [0, 0.1) is 0 Å². The molecule has 1 aromatic carbocycles. The van der Waals surface area contributed by atoms with Gasteiger partial charge >= 0.3 is 0 Å². The Labute approximate surface area is 78.2 Å². The van der Waals surface area contributed by atoms with Crippen LogP contribution < -0.4 is 0 Å². The van der Waals surface area contributed by atoms with Crippen LogP contribution in [0.2, 0.25) is 0 Å². The fourth-order valence-corrected chi connectivity index (χ4v) is 0.893. The zero-order valence-corrected chi connectivity index (χ0v) is 7.64. The molecule has 0 spiro atoms. The highest BCUT2D eigenvalue weighted by Crippen LogP contribution is 2.08. The van der Waals surface area contributed by atoms with Gasteiger partial charge in [-0.05, 0) is 12.5 Å². The summed E-state index contributed by atoms with van der Waals surface area (Å²) in [4.78, 5) is 0. The Kier molecular flexibility index (Phi) is 3.23. The summed E-state index contributed by atoms with van der Waals surface area (Å²) in [5, 5.41) is 18.2. The second-order valence-electron chi connectivity index (χ2n) is 3.26. The lowest BCUT2D eigenvalue weighted by Gasteiger charge is -2.14. The van der Waals surface area contributed by atoms with Crippen molar-refractivity contribution >= 4 is 6.08 Å². The maximum Gasteiger partial charge on any atom is 0.103 e. The van der Waals surface area contributed by atoms with Gasteiger partial charge in [0, 0.05) is 0 Å². The van der Waals surface area contributed by atoms with Crippen molar-refractivity contribution in [3.63, 3.8) is 0 Å². The summed E-state index contributed by atoms with van der Waals surface area (Å²) in [6, 6.07) is 9.65. The van der Waals surface area contributed by atoms with Gasteiger partial charge in [-0.3, -0.25) is 0 Å². The predicted octanol–water partition coefficient (Wildman–Crippen LogP) is 1.44. The molecule has 0 aliphatic heterocycles. The van der Waals surface area contributed by atoms with Crippen molar-refractivity contribution < 1.29 is 10.2 Å². The lowest BCUT2D eigenvalue weighted by Crippen LogP contribution is -2.25. The van der Waals surface area contributed by atoms with Crippen LogP contribution in [-0.4, -0.2) is 22.4 Å². The molecule has 2 heteroatoms. The van der Waals surface area contributed by atoms with E-state index in [4.69, 9.17) is 5.11 Å². The molecule has 2 nitrogen and oxygen atoms in total. The van der Waals surface area contributed by atoms with Crippen LogP contribution in [-0.2, 0) is 0 Å². The van der Waals surface area contributed by atoms with E-state index in [1.54, 1.807) is 19.1 Å². The van der Waals surface area contributed by atoms with Gasteiger partial charge in [-0.25, -0.2) is 0 Å². The van der Waals surface area contributed by atoms with Crippen LogP contribution in [0.4, 0.5) is 0 Å². The fraction of sp³-hybridized carbons (Fsp3) is 0.273. The van der Waals surface area contributed by atoms with E-state index in [0.717, 1.165) is 5.56 Å². The average molecular weight is 178 g/mol. The largest absolute Gasteiger partial charge is 0.393 e. The molecule has 0 bridgehead atoms. The first-order chi connectivity index (χ1) is 6.14. The van der Waals surface area contributed by atoms with Gasteiger partial charge in [-0.15, -0.1) is 0 Å². The molecule has 70 valence electrons. The van der Waals surface area contributed by atoms with Crippen molar-refractivity contribution in [1.82, 2.24) is 0 Å². The highest BCUT2D eigenvalue weighted by molar-refractivity contribution is 5.49. The lowest BCUT2D eigenvalue weighted by atomic mass is 10.1. The summed E-state index contributed by atoms with van der Waals surface area (Å²) < 4.78 is 0. The van der Waals surface area contributed by atoms with E-state index in [1.807, 2.05) is 30.3 Å². The third kappa shape index (κ3) is 3.40. The average Bonchev–Trinajstić information content (AvgIpc) is 2.17. The van der Waals surface area contributed by atoms with Gasteiger partial charge in [0.05, 0.1) is 6.61 Å². The number of aliphatic hydroxyl groups excluding tert-OH is 1. The second kappa shape index (κ2) is 4.21. The normalized spacial score (nSPS) is 15.9. The zero-order chi connectivity index (χ0) is 9.73. The number of aliphatic hydroxyl groups is 2. The molecule has 13 heavy (non-hydrogen) atoms. The number of rotatable bonds is 3. The minimum Gasteiger partial charge on any atom is -0.393 e. The molecule has 1 atom stereocenters. The van der Waals surface area contributed by atoms with Crippen molar-refractivity contribution in [2.45, 2.75) is 12.5 Å². The summed E-state index contributed by atoms with van der Waals surface area (Å²) in [7, 11) is 0. The van der Waals surface area contributed by atoms with Crippen LogP contribution >= 0.6 is 0 Å². The van der Waals surface area contributed by atoms with Gasteiger partial charge < -0.3 is 10.2 Å². The van der Waals surface area contributed by atoms with Crippen LogP contribution in [0.15, 0.2) is 36.4 Å². The van der Waals surface area contributed by atoms with Crippen molar-refractivity contribution in [2.24, 2.45) is 0 Å². The summed E-state index contributed by atoms with van der Waals surface area (Å²) >= 11 is 0. The summed E-state index contributed by atoms with van der Waals surface area (Å²) in [6.07, 6.45) is 3.37. The number of benzene rings is 1. The van der Waals surface area contributed by atoms with Crippen molar-refractivity contribution in [1.29, 1.82) is 0 Å². The molecule has 0 fully saturated rings. The zero-order valence-electron chi connectivity index (χ0n) is 7.64.